The van der Waals surface area contributed by atoms with Crippen molar-refractivity contribution in [2.24, 2.45) is 17.8 Å². The summed E-state index contributed by atoms with van der Waals surface area (Å²) in [6.45, 7) is 6.32. The van der Waals surface area contributed by atoms with E-state index in [2.05, 4.69) is 20.8 Å². The molecular formula is C40H70O8. The molecule has 0 saturated heterocycles. The van der Waals surface area contributed by atoms with E-state index in [1.54, 1.807) is 12.2 Å². The first-order valence-corrected chi connectivity index (χ1v) is 19.4. The minimum atomic E-state index is -1.05. The summed E-state index contributed by atoms with van der Waals surface area (Å²) in [4.78, 5) is 36.5. The molecule has 0 amide bonds. The van der Waals surface area contributed by atoms with Gasteiger partial charge in [0.15, 0.2) is 0 Å². The Kier molecular flexibility index (Phi) is 26.4. The van der Waals surface area contributed by atoms with E-state index >= 15 is 0 Å². The van der Waals surface area contributed by atoms with E-state index in [9.17, 15) is 29.7 Å². The predicted molar refractivity (Wildman–Crippen MR) is 192 cm³/mol. The van der Waals surface area contributed by atoms with Gasteiger partial charge < -0.3 is 24.8 Å². The number of ketones is 1. The van der Waals surface area contributed by atoms with E-state index in [0.29, 0.717) is 32.1 Å². The van der Waals surface area contributed by atoms with Crippen LogP contribution in [0.2, 0.25) is 0 Å². The molecule has 8 nitrogen and oxygen atoms in total. The fourth-order valence-corrected chi connectivity index (χ4v) is 6.16. The van der Waals surface area contributed by atoms with Crippen molar-refractivity contribution in [2.75, 3.05) is 13.2 Å². The Morgan fingerprint density at radius 3 is 1.96 bits per heavy atom. The Morgan fingerprint density at radius 2 is 1.35 bits per heavy atom. The Hall–Kier alpha value is -2.03. The summed E-state index contributed by atoms with van der Waals surface area (Å²) < 4.78 is 10.3. The fourth-order valence-electron chi connectivity index (χ4n) is 6.16. The smallest absolute Gasteiger partial charge is 0.305 e. The lowest BCUT2D eigenvalue weighted by Gasteiger charge is -2.16. The zero-order chi connectivity index (χ0) is 35.4. The highest BCUT2D eigenvalue weighted by Crippen LogP contribution is 2.33. The Labute approximate surface area is 292 Å². The summed E-state index contributed by atoms with van der Waals surface area (Å²) in [7, 11) is 0. The van der Waals surface area contributed by atoms with Gasteiger partial charge in [-0.15, -0.1) is 0 Å². The molecule has 1 rings (SSSR count). The fraction of sp³-hybridized carbons (Fsp3) is 0.825. The number of aliphatic hydroxyl groups is 3. The van der Waals surface area contributed by atoms with Gasteiger partial charge in [0.1, 0.15) is 25.1 Å². The van der Waals surface area contributed by atoms with E-state index < -0.39 is 24.3 Å². The second-order valence-corrected chi connectivity index (χ2v) is 14.1. The predicted octanol–water partition coefficient (Wildman–Crippen LogP) is 8.34. The molecule has 1 fully saturated rings. The standard InChI is InChI=1S/C40H70O8/c1-4-6-17-23-33(41)27-28-36-35(37(43)29-38(36)44)24-19-15-16-21-26-40(46)48-31-34(42)30-47-39(45)25-20-14-12-10-8-7-9-11-13-18-22-32(3)5-2/h15,19,27-28,32-36,38,41-42,44H,4-14,16-18,20-26,29-31H2,1-3H3/b19-15-,28-27+/t32?,33-,34-,35+,36+,38+/m0/s1. The molecule has 1 saturated carbocycles. The highest BCUT2D eigenvalue weighted by molar-refractivity contribution is 5.84. The summed E-state index contributed by atoms with van der Waals surface area (Å²) in [6, 6.07) is 0. The lowest BCUT2D eigenvalue weighted by Crippen LogP contribution is -2.25. The van der Waals surface area contributed by atoms with Gasteiger partial charge >= 0.3 is 11.9 Å². The summed E-state index contributed by atoms with van der Waals surface area (Å²) in [5, 5.41) is 30.5. The average Bonchev–Trinajstić information content (AvgIpc) is 3.34. The van der Waals surface area contributed by atoms with Crippen molar-refractivity contribution < 1.29 is 39.2 Å². The molecule has 278 valence electrons. The zero-order valence-electron chi connectivity index (χ0n) is 30.6. The molecule has 3 N–H and O–H groups in total. The van der Waals surface area contributed by atoms with Gasteiger partial charge in [-0.1, -0.05) is 135 Å². The quantitative estimate of drug-likeness (QED) is 0.0393. The van der Waals surface area contributed by atoms with Gasteiger partial charge in [-0.2, -0.15) is 0 Å². The molecule has 0 heterocycles. The van der Waals surface area contributed by atoms with Crippen LogP contribution in [0.15, 0.2) is 24.3 Å². The third-order valence-corrected chi connectivity index (χ3v) is 9.60. The van der Waals surface area contributed by atoms with E-state index in [1.807, 2.05) is 12.2 Å². The molecule has 0 aromatic heterocycles. The van der Waals surface area contributed by atoms with Gasteiger partial charge in [-0.05, 0) is 38.0 Å². The van der Waals surface area contributed by atoms with Crippen LogP contribution < -0.4 is 0 Å². The molecule has 0 aliphatic heterocycles. The summed E-state index contributed by atoms with van der Waals surface area (Å²) in [6.07, 6.45) is 25.9. The Morgan fingerprint density at radius 1 is 0.792 bits per heavy atom. The van der Waals surface area contributed by atoms with Gasteiger partial charge in [0.25, 0.3) is 0 Å². The molecule has 48 heavy (non-hydrogen) atoms. The second kappa shape index (κ2) is 28.8. The van der Waals surface area contributed by atoms with E-state index in [4.69, 9.17) is 9.47 Å². The van der Waals surface area contributed by atoms with Crippen LogP contribution in [0.5, 0.6) is 0 Å². The molecule has 0 aromatic rings. The molecule has 0 bridgehead atoms. The van der Waals surface area contributed by atoms with Crippen molar-refractivity contribution in [2.45, 2.75) is 180 Å². The lowest BCUT2D eigenvalue weighted by molar-refractivity contribution is -0.152. The summed E-state index contributed by atoms with van der Waals surface area (Å²) in [5.74, 6) is -0.473. The van der Waals surface area contributed by atoms with Crippen LogP contribution in [0.3, 0.4) is 0 Å². The van der Waals surface area contributed by atoms with Crippen molar-refractivity contribution in [3.8, 4) is 0 Å². The van der Waals surface area contributed by atoms with Gasteiger partial charge in [-0.3, -0.25) is 14.4 Å². The van der Waals surface area contributed by atoms with Crippen molar-refractivity contribution >= 4 is 17.7 Å². The average molecular weight is 679 g/mol. The number of ether oxygens (including phenoxy) is 2. The molecule has 0 spiro atoms. The molecular weight excluding hydrogens is 608 g/mol. The molecule has 1 aliphatic carbocycles. The maximum absolute atomic E-state index is 12.4. The number of carbonyl (C=O) groups is 3. The third-order valence-electron chi connectivity index (χ3n) is 9.60. The topological polar surface area (TPSA) is 130 Å². The number of esters is 2. The third kappa shape index (κ3) is 22.6. The minimum Gasteiger partial charge on any atom is -0.463 e. The highest BCUT2D eigenvalue weighted by atomic mass is 16.6. The first kappa shape index (κ1) is 44.0. The first-order chi connectivity index (χ1) is 23.2. The van der Waals surface area contributed by atoms with E-state index in [0.717, 1.165) is 44.4 Å². The Balaban J connectivity index is 2.06. The first-order valence-electron chi connectivity index (χ1n) is 19.4. The van der Waals surface area contributed by atoms with Crippen LogP contribution in [0.25, 0.3) is 0 Å². The molecule has 1 aliphatic rings. The van der Waals surface area contributed by atoms with Crippen LogP contribution >= 0.6 is 0 Å². The molecule has 0 radical (unpaired) electrons. The lowest BCUT2D eigenvalue weighted by atomic mass is 9.90. The van der Waals surface area contributed by atoms with Gasteiger partial charge in [0.05, 0.1) is 12.2 Å². The number of hydrogen-bond donors (Lipinski definition) is 3. The zero-order valence-corrected chi connectivity index (χ0v) is 30.6. The molecule has 6 atom stereocenters. The van der Waals surface area contributed by atoms with Crippen molar-refractivity contribution in [1.82, 2.24) is 0 Å². The summed E-state index contributed by atoms with van der Waals surface area (Å²) >= 11 is 0. The van der Waals surface area contributed by atoms with Crippen LogP contribution in [-0.2, 0) is 23.9 Å². The minimum absolute atomic E-state index is 0.0319. The van der Waals surface area contributed by atoms with Crippen molar-refractivity contribution in [3.05, 3.63) is 24.3 Å². The summed E-state index contributed by atoms with van der Waals surface area (Å²) in [5.41, 5.74) is 0. The van der Waals surface area contributed by atoms with E-state index in [-0.39, 0.29) is 49.6 Å². The molecule has 0 aromatic carbocycles. The number of carbonyl (C=O) groups excluding carboxylic acids is 3. The number of Topliss-reactive ketones (excluding diaryl/α,β-unsaturated/α-hetero) is 1. The van der Waals surface area contributed by atoms with Gasteiger partial charge in [0.2, 0.25) is 0 Å². The van der Waals surface area contributed by atoms with Crippen LogP contribution in [-0.4, -0.2) is 64.6 Å². The van der Waals surface area contributed by atoms with Crippen LogP contribution in [0.1, 0.15) is 162 Å². The molecule has 1 unspecified atom stereocenters. The van der Waals surface area contributed by atoms with Gasteiger partial charge in [-0.25, -0.2) is 0 Å². The number of rotatable bonds is 30. The number of aliphatic hydroxyl groups excluding tert-OH is 3. The van der Waals surface area contributed by atoms with Crippen LogP contribution in [0.4, 0.5) is 0 Å². The highest BCUT2D eigenvalue weighted by Gasteiger charge is 2.39. The van der Waals surface area contributed by atoms with Crippen molar-refractivity contribution in [3.63, 3.8) is 0 Å². The number of allylic oxidation sites excluding steroid dienone is 2. The largest absolute Gasteiger partial charge is 0.463 e. The van der Waals surface area contributed by atoms with Crippen molar-refractivity contribution in [1.29, 1.82) is 0 Å². The monoisotopic (exact) mass is 679 g/mol. The van der Waals surface area contributed by atoms with E-state index in [1.165, 1.54) is 57.8 Å². The van der Waals surface area contributed by atoms with Gasteiger partial charge in [0, 0.05) is 31.1 Å². The maximum Gasteiger partial charge on any atom is 0.305 e. The van der Waals surface area contributed by atoms with Crippen LogP contribution in [0, 0.1) is 17.8 Å². The SMILES string of the molecule is CCCCC[C@H](O)/C=C/[C@H]1[C@H](O)CC(=O)[C@@H]1C/C=C\CCCC(=O)OC[C@@H](O)COC(=O)CCCCCCCCCCCCC(C)CC. The Bertz CT molecular complexity index is 900. The maximum atomic E-state index is 12.4. The normalized spacial score (nSPS) is 20.0. The molecule has 8 heteroatoms. The number of hydrogen-bond acceptors (Lipinski definition) is 8. The second-order valence-electron chi connectivity index (χ2n) is 14.1. The number of unbranched alkanes of at least 4 members (excludes halogenated alkanes) is 12.